The fourth-order valence-electron chi connectivity index (χ4n) is 2.71. The number of hydrogen-bond donors (Lipinski definition) is 1. The maximum Gasteiger partial charge on any atom is 0.129 e. The third kappa shape index (κ3) is 3.65. The molecule has 2 aromatic carbocycles. The van der Waals surface area contributed by atoms with E-state index in [-0.39, 0.29) is 17.8 Å². The molecule has 0 saturated carbocycles. The normalized spacial score (nSPS) is 14.0. The molecular formula is C17H18BrClFN. The van der Waals surface area contributed by atoms with Crippen molar-refractivity contribution >= 4 is 27.5 Å². The van der Waals surface area contributed by atoms with E-state index in [9.17, 15) is 4.39 Å². The Morgan fingerprint density at radius 1 is 1.24 bits per heavy atom. The first-order chi connectivity index (χ1) is 10.1. The number of rotatable bonds is 5. The van der Waals surface area contributed by atoms with Crippen molar-refractivity contribution in [2.24, 2.45) is 0 Å². The van der Waals surface area contributed by atoms with Gasteiger partial charge in [0.15, 0.2) is 0 Å². The summed E-state index contributed by atoms with van der Waals surface area (Å²) in [4.78, 5) is 0. The molecule has 0 spiro atoms. The summed E-state index contributed by atoms with van der Waals surface area (Å²) in [5.74, 6) is -0.0667. The van der Waals surface area contributed by atoms with E-state index < -0.39 is 0 Å². The van der Waals surface area contributed by atoms with E-state index in [1.165, 1.54) is 11.6 Å². The maximum absolute atomic E-state index is 14.4. The van der Waals surface area contributed by atoms with E-state index in [4.69, 9.17) is 11.6 Å². The molecule has 21 heavy (non-hydrogen) atoms. The lowest BCUT2D eigenvalue weighted by molar-refractivity contribution is 0.447. The molecule has 2 unspecified atom stereocenters. The Morgan fingerprint density at radius 3 is 2.48 bits per heavy atom. The Morgan fingerprint density at radius 2 is 1.90 bits per heavy atom. The smallest absolute Gasteiger partial charge is 0.129 e. The van der Waals surface area contributed by atoms with E-state index >= 15 is 0 Å². The molecule has 0 radical (unpaired) electrons. The lowest BCUT2D eigenvalue weighted by Crippen LogP contribution is -2.24. The highest BCUT2D eigenvalue weighted by molar-refractivity contribution is 9.10. The van der Waals surface area contributed by atoms with Gasteiger partial charge in [0.05, 0.1) is 5.02 Å². The highest BCUT2D eigenvalue weighted by Gasteiger charge is 2.25. The summed E-state index contributed by atoms with van der Waals surface area (Å²) >= 11 is 9.40. The van der Waals surface area contributed by atoms with Crippen molar-refractivity contribution in [3.05, 3.63) is 68.9 Å². The van der Waals surface area contributed by atoms with Crippen LogP contribution < -0.4 is 5.32 Å². The first kappa shape index (κ1) is 16.5. The minimum atomic E-state index is -0.250. The van der Waals surface area contributed by atoms with Crippen molar-refractivity contribution < 1.29 is 4.39 Å². The van der Waals surface area contributed by atoms with Crippen LogP contribution in [0.15, 0.2) is 46.9 Å². The SMILES string of the molecule is CCC(c1ccccc1)C(NC)c1cc(Cl)c(Br)cc1F. The van der Waals surface area contributed by atoms with Gasteiger partial charge in [-0.25, -0.2) is 4.39 Å². The topological polar surface area (TPSA) is 12.0 Å². The van der Waals surface area contributed by atoms with Crippen molar-refractivity contribution in [1.29, 1.82) is 0 Å². The van der Waals surface area contributed by atoms with Crippen molar-refractivity contribution in [2.45, 2.75) is 25.3 Å². The van der Waals surface area contributed by atoms with Crippen molar-refractivity contribution in [2.75, 3.05) is 7.05 Å². The third-order valence-corrected chi connectivity index (χ3v) is 4.95. The Kier molecular flexibility index (Phi) is 5.80. The summed E-state index contributed by atoms with van der Waals surface area (Å²) < 4.78 is 14.9. The van der Waals surface area contributed by atoms with Gasteiger partial charge in [0.25, 0.3) is 0 Å². The van der Waals surface area contributed by atoms with E-state index in [0.717, 1.165) is 6.42 Å². The van der Waals surface area contributed by atoms with Crippen molar-refractivity contribution in [1.82, 2.24) is 5.32 Å². The number of halogens is 3. The molecule has 2 atom stereocenters. The molecule has 0 aliphatic heterocycles. The second kappa shape index (κ2) is 7.39. The van der Waals surface area contributed by atoms with Gasteiger partial charge in [0.2, 0.25) is 0 Å². The standard InChI is InChI=1S/C17H18BrClFN/c1-3-12(11-7-5-4-6-8-11)17(21-2)13-9-15(19)14(18)10-16(13)20/h4-10,12,17,21H,3H2,1-2H3. The Hall–Kier alpha value is -0.900. The van der Waals surface area contributed by atoms with Crippen molar-refractivity contribution in [3.8, 4) is 0 Å². The monoisotopic (exact) mass is 369 g/mol. The van der Waals surface area contributed by atoms with Gasteiger partial charge in [-0.3, -0.25) is 0 Å². The van der Waals surface area contributed by atoms with Gasteiger partial charge in [-0.15, -0.1) is 0 Å². The zero-order valence-corrected chi connectivity index (χ0v) is 14.4. The molecule has 0 aromatic heterocycles. The fourth-order valence-corrected chi connectivity index (χ4v) is 3.20. The van der Waals surface area contributed by atoms with Crippen LogP contribution in [0.25, 0.3) is 0 Å². The van der Waals surface area contributed by atoms with Crippen LogP contribution in [0, 0.1) is 5.82 Å². The summed E-state index contributed by atoms with van der Waals surface area (Å²) in [6.07, 6.45) is 0.905. The van der Waals surface area contributed by atoms with Crippen molar-refractivity contribution in [3.63, 3.8) is 0 Å². The predicted molar refractivity (Wildman–Crippen MR) is 90.4 cm³/mol. The van der Waals surface area contributed by atoms with Gasteiger partial charge < -0.3 is 5.32 Å². The molecule has 0 heterocycles. The predicted octanol–water partition coefficient (Wildman–Crippen LogP) is 5.70. The Labute approximate surface area is 138 Å². The lowest BCUT2D eigenvalue weighted by atomic mass is 9.85. The van der Waals surface area contributed by atoms with E-state index in [1.54, 1.807) is 6.07 Å². The van der Waals surface area contributed by atoms with Crippen LogP contribution in [0.2, 0.25) is 5.02 Å². The molecule has 112 valence electrons. The number of likely N-dealkylation sites (N-methyl/N-ethyl adjacent to an activating group) is 1. The largest absolute Gasteiger partial charge is 0.312 e. The van der Waals surface area contributed by atoms with E-state index in [1.807, 2.05) is 25.2 Å². The maximum atomic E-state index is 14.4. The molecule has 0 aliphatic carbocycles. The van der Waals surface area contributed by atoms with E-state index in [2.05, 4.69) is 40.3 Å². The van der Waals surface area contributed by atoms with Crippen LogP contribution in [0.3, 0.4) is 0 Å². The molecule has 1 nitrogen and oxygen atoms in total. The Bertz CT molecular complexity index is 603. The minimum absolute atomic E-state index is 0.122. The molecule has 4 heteroatoms. The van der Waals surface area contributed by atoms with Gasteiger partial charge in [0.1, 0.15) is 5.82 Å². The molecule has 1 N–H and O–H groups in total. The fraction of sp³-hybridized carbons (Fsp3) is 0.294. The van der Waals surface area contributed by atoms with Crippen LogP contribution >= 0.6 is 27.5 Å². The molecule has 0 fully saturated rings. The van der Waals surface area contributed by atoms with E-state index in [0.29, 0.717) is 15.1 Å². The molecule has 0 saturated heterocycles. The molecule has 0 amide bonds. The van der Waals surface area contributed by atoms with Gasteiger partial charge in [0, 0.05) is 22.0 Å². The second-order valence-corrected chi connectivity index (χ2v) is 6.24. The quantitative estimate of drug-likeness (QED) is 0.666. The van der Waals surface area contributed by atoms with Gasteiger partial charge >= 0.3 is 0 Å². The average molecular weight is 371 g/mol. The first-order valence-corrected chi connectivity index (χ1v) is 8.12. The molecule has 0 bridgehead atoms. The number of hydrogen-bond acceptors (Lipinski definition) is 1. The lowest BCUT2D eigenvalue weighted by Gasteiger charge is -2.27. The van der Waals surface area contributed by atoms with Gasteiger partial charge in [-0.2, -0.15) is 0 Å². The number of benzene rings is 2. The Balaban J connectivity index is 2.45. The van der Waals surface area contributed by atoms with Crippen LogP contribution in [-0.2, 0) is 0 Å². The zero-order valence-electron chi connectivity index (χ0n) is 12.0. The highest BCUT2D eigenvalue weighted by atomic mass is 79.9. The zero-order chi connectivity index (χ0) is 15.4. The number of nitrogens with one attached hydrogen (secondary N) is 1. The molecule has 2 aromatic rings. The summed E-state index contributed by atoms with van der Waals surface area (Å²) in [7, 11) is 1.85. The molecule has 0 aliphatic rings. The average Bonchev–Trinajstić information content (AvgIpc) is 2.50. The van der Waals surface area contributed by atoms with Crippen LogP contribution in [0.1, 0.15) is 36.4 Å². The summed E-state index contributed by atoms with van der Waals surface area (Å²) in [6.45, 7) is 2.11. The first-order valence-electron chi connectivity index (χ1n) is 6.95. The molecule has 2 rings (SSSR count). The van der Waals surface area contributed by atoms with Gasteiger partial charge in [-0.1, -0.05) is 48.9 Å². The molecular weight excluding hydrogens is 353 g/mol. The minimum Gasteiger partial charge on any atom is -0.312 e. The van der Waals surface area contributed by atoms with Crippen LogP contribution in [-0.4, -0.2) is 7.05 Å². The highest BCUT2D eigenvalue weighted by Crippen LogP contribution is 2.37. The summed E-state index contributed by atoms with van der Waals surface area (Å²) in [5.41, 5.74) is 1.79. The second-order valence-electron chi connectivity index (χ2n) is 4.98. The third-order valence-electron chi connectivity index (χ3n) is 3.76. The summed E-state index contributed by atoms with van der Waals surface area (Å²) in [6, 6.07) is 13.2. The summed E-state index contributed by atoms with van der Waals surface area (Å²) in [5, 5.41) is 3.76. The van der Waals surface area contributed by atoms with Crippen LogP contribution in [0.4, 0.5) is 4.39 Å². The van der Waals surface area contributed by atoms with Crippen LogP contribution in [0.5, 0.6) is 0 Å². The van der Waals surface area contributed by atoms with Gasteiger partial charge in [-0.05, 0) is 47.1 Å².